The molecule has 4 heteroatoms. The monoisotopic (exact) mass is 211 g/mol. The second kappa shape index (κ2) is 5.28. The largest absolute Gasteiger partial charge is 0.396 e. The Morgan fingerprint density at radius 1 is 1.53 bits per heavy atom. The molecule has 1 aromatic rings. The Kier molecular flexibility index (Phi) is 4.29. The van der Waals surface area contributed by atoms with Gasteiger partial charge in [-0.1, -0.05) is 13.8 Å². The number of aryl methyl sites for hydroxylation is 1. The number of nitrogens with zero attached hydrogens (tertiary/aromatic N) is 1. The van der Waals surface area contributed by atoms with Crippen LogP contribution in [0.4, 0.5) is 0 Å². The third-order valence-electron chi connectivity index (χ3n) is 2.46. The summed E-state index contributed by atoms with van der Waals surface area (Å²) in [6.45, 7) is 8.18. The Labute approximate surface area is 91.1 Å². The molecule has 3 N–H and O–H groups in total. The molecule has 0 atom stereocenters. The van der Waals surface area contributed by atoms with Crippen LogP contribution in [0.3, 0.4) is 0 Å². The molecule has 0 saturated heterocycles. The summed E-state index contributed by atoms with van der Waals surface area (Å²) in [6.07, 6.45) is 2.67. The van der Waals surface area contributed by atoms with Crippen LogP contribution in [0.15, 0.2) is 6.20 Å². The van der Waals surface area contributed by atoms with Gasteiger partial charge < -0.3 is 15.4 Å². The predicted molar refractivity (Wildman–Crippen MR) is 60.5 cm³/mol. The van der Waals surface area contributed by atoms with Crippen molar-refractivity contribution in [3.63, 3.8) is 0 Å². The van der Waals surface area contributed by atoms with Crippen molar-refractivity contribution in [2.45, 2.75) is 33.7 Å². The lowest BCUT2D eigenvalue weighted by Crippen LogP contribution is -2.29. The lowest BCUT2D eigenvalue weighted by atomic mass is 9.90. The molecule has 1 aromatic heterocycles. The molecule has 0 aliphatic carbocycles. The van der Waals surface area contributed by atoms with Gasteiger partial charge in [0.1, 0.15) is 5.82 Å². The molecule has 0 aromatic carbocycles. The van der Waals surface area contributed by atoms with Crippen molar-refractivity contribution in [1.82, 2.24) is 15.3 Å². The van der Waals surface area contributed by atoms with Gasteiger partial charge in [0, 0.05) is 31.6 Å². The first-order chi connectivity index (χ1) is 7.03. The van der Waals surface area contributed by atoms with Crippen LogP contribution >= 0.6 is 0 Å². The number of hydrogen-bond acceptors (Lipinski definition) is 3. The van der Waals surface area contributed by atoms with Crippen molar-refractivity contribution in [3.8, 4) is 0 Å². The first-order valence-electron chi connectivity index (χ1n) is 5.35. The number of hydrogen-bond donors (Lipinski definition) is 3. The summed E-state index contributed by atoms with van der Waals surface area (Å²) in [5.41, 5.74) is 1.25. The van der Waals surface area contributed by atoms with Gasteiger partial charge in [-0.25, -0.2) is 4.98 Å². The molecular formula is C11H21N3O. The quantitative estimate of drug-likeness (QED) is 0.663. The number of imidazole rings is 1. The van der Waals surface area contributed by atoms with E-state index in [4.69, 9.17) is 5.11 Å². The topological polar surface area (TPSA) is 60.9 Å². The lowest BCUT2D eigenvalue weighted by Gasteiger charge is -2.23. The zero-order valence-electron chi connectivity index (χ0n) is 9.80. The van der Waals surface area contributed by atoms with E-state index in [0.717, 1.165) is 31.0 Å². The second-order valence-electron chi connectivity index (χ2n) is 4.74. The normalized spacial score (nSPS) is 12.0. The van der Waals surface area contributed by atoms with Crippen LogP contribution in [0.5, 0.6) is 0 Å². The van der Waals surface area contributed by atoms with Crippen LogP contribution in [-0.4, -0.2) is 28.2 Å². The standard InChI is InChI=1S/C11H21N3O/c1-9-13-7-10(14-9)6-12-8-11(2,3)4-5-15/h7,12,15H,4-6,8H2,1-3H3,(H,13,14). The van der Waals surface area contributed by atoms with Crippen molar-refractivity contribution in [2.24, 2.45) is 5.41 Å². The molecule has 86 valence electrons. The van der Waals surface area contributed by atoms with E-state index in [-0.39, 0.29) is 12.0 Å². The van der Waals surface area contributed by atoms with Gasteiger partial charge in [-0.3, -0.25) is 0 Å². The molecule has 4 nitrogen and oxygen atoms in total. The van der Waals surface area contributed by atoms with E-state index >= 15 is 0 Å². The highest BCUT2D eigenvalue weighted by atomic mass is 16.3. The molecule has 15 heavy (non-hydrogen) atoms. The predicted octanol–water partition coefficient (Wildman–Crippen LogP) is 1.22. The van der Waals surface area contributed by atoms with Gasteiger partial charge in [0.2, 0.25) is 0 Å². The number of aromatic amines is 1. The molecular weight excluding hydrogens is 190 g/mol. The van der Waals surface area contributed by atoms with E-state index in [1.54, 1.807) is 0 Å². The summed E-state index contributed by atoms with van der Waals surface area (Å²) in [6, 6.07) is 0. The highest BCUT2D eigenvalue weighted by Crippen LogP contribution is 2.17. The van der Waals surface area contributed by atoms with E-state index in [1.165, 1.54) is 0 Å². The molecule has 0 radical (unpaired) electrons. The maximum absolute atomic E-state index is 8.88. The van der Waals surface area contributed by atoms with Crippen LogP contribution in [-0.2, 0) is 6.54 Å². The summed E-state index contributed by atoms with van der Waals surface area (Å²) in [4.78, 5) is 7.30. The zero-order valence-corrected chi connectivity index (χ0v) is 9.80. The highest BCUT2D eigenvalue weighted by molar-refractivity contribution is 4.99. The fourth-order valence-electron chi connectivity index (χ4n) is 1.49. The summed E-state index contributed by atoms with van der Waals surface area (Å²) in [7, 11) is 0. The van der Waals surface area contributed by atoms with Gasteiger partial charge in [0.25, 0.3) is 0 Å². The van der Waals surface area contributed by atoms with Crippen molar-refractivity contribution in [1.29, 1.82) is 0 Å². The summed E-state index contributed by atoms with van der Waals surface area (Å²) < 4.78 is 0. The fourth-order valence-corrected chi connectivity index (χ4v) is 1.49. The van der Waals surface area contributed by atoms with E-state index in [2.05, 4.69) is 29.1 Å². The number of nitrogens with one attached hydrogen (secondary N) is 2. The number of rotatable bonds is 6. The van der Waals surface area contributed by atoms with E-state index in [9.17, 15) is 0 Å². The molecule has 0 fully saturated rings. The Bertz CT molecular complexity index is 294. The van der Waals surface area contributed by atoms with Crippen LogP contribution < -0.4 is 5.32 Å². The molecule has 0 amide bonds. The first-order valence-corrected chi connectivity index (χ1v) is 5.35. The molecule has 0 saturated carbocycles. The van der Waals surface area contributed by atoms with E-state index in [0.29, 0.717) is 0 Å². The number of H-pyrrole nitrogens is 1. The Morgan fingerprint density at radius 2 is 2.27 bits per heavy atom. The van der Waals surface area contributed by atoms with Crippen LogP contribution in [0.2, 0.25) is 0 Å². The number of aromatic nitrogens is 2. The minimum absolute atomic E-state index is 0.143. The van der Waals surface area contributed by atoms with Gasteiger partial charge >= 0.3 is 0 Å². The van der Waals surface area contributed by atoms with Crippen LogP contribution in [0, 0.1) is 12.3 Å². The average molecular weight is 211 g/mol. The Balaban J connectivity index is 2.27. The molecule has 0 spiro atoms. The molecule has 0 bridgehead atoms. The summed E-state index contributed by atoms with van der Waals surface area (Å²) in [5, 5.41) is 12.2. The summed E-state index contributed by atoms with van der Waals surface area (Å²) in [5.74, 6) is 0.946. The fraction of sp³-hybridized carbons (Fsp3) is 0.727. The Hall–Kier alpha value is -0.870. The minimum atomic E-state index is 0.143. The molecule has 1 rings (SSSR count). The van der Waals surface area contributed by atoms with Crippen LogP contribution in [0.1, 0.15) is 31.8 Å². The van der Waals surface area contributed by atoms with Gasteiger partial charge in [0.15, 0.2) is 0 Å². The zero-order chi connectivity index (χ0) is 11.3. The maximum atomic E-state index is 8.88. The second-order valence-corrected chi connectivity index (χ2v) is 4.74. The van der Waals surface area contributed by atoms with Crippen LogP contribution in [0.25, 0.3) is 0 Å². The minimum Gasteiger partial charge on any atom is -0.396 e. The SMILES string of the molecule is Cc1ncc(CNCC(C)(C)CCO)[nH]1. The van der Waals surface area contributed by atoms with Gasteiger partial charge in [-0.15, -0.1) is 0 Å². The molecule has 0 unspecified atom stereocenters. The van der Waals surface area contributed by atoms with Gasteiger partial charge in [-0.05, 0) is 18.8 Å². The van der Waals surface area contributed by atoms with Crippen molar-refractivity contribution >= 4 is 0 Å². The smallest absolute Gasteiger partial charge is 0.103 e. The van der Waals surface area contributed by atoms with Gasteiger partial charge in [0.05, 0.1) is 0 Å². The number of aliphatic hydroxyl groups is 1. The number of aliphatic hydroxyl groups excluding tert-OH is 1. The van der Waals surface area contributed by atoms with Crippen molar-refractivity contribution in [3.05, 3.63) is 17.7 Å². The van der Waals surface area contributed by atoms with Crippen molar-refractivity contribution < 1.29 is 5.11 Å². The van der Waals surface area contributed by atoms with Crippen molar-refractivity contribution in [2.75, 3.05) is 13.2 Å². The molecule has 0 aliphatic rings. The highest BCUT2D eigenvalue weighted by Gasteiger charge is 2.16. The van der Waals surface area contributed by atoms with E-state index < -0.39 is 0 Å². The third kappa shape index (κ3) is 4.44. The molecule has 0 aliphatic heterocycles. The van der Waals surface area contributed by atoms with Gasteiger partial charge in [-0.2, -0.15) is 0 Å². The first kappa shape index (κ1) is 12.2. The molecule has 1 heterocycles. The maximum Gasteiger partial charge on any atom is 0.103 e. The lowest BCUT2D eigenvalue weighted by molar-refractivity contribution is 0.207. The third-order valence-corrected chi connectivity index (χ3v) is 2.46. The summed E-state index contributed by atoms with van der Waals surface area (Å²) >= 11 is 0. The van der Waals surface area contributed by atoms with E-state index in [1.807, 2.05) is 13.1 Å². The Morgan fingerprint density at radius 3 is 2.80 bits per heavy atom. The average Bonchev–Trinajstić information content (AvgIpc) is 2.51.